The fourth-order valence-corrected chi connectivity index (χ4v) is 3.64. The lowest BCUT2D eigenvalue weighted by Crippen LogP contribution is -2.39. The first-order valence-electron chi connectivity index (χ1n) is 7.72. The van der Waals surface area contributed by atoms with E-state index in [0.717, 1.165) is 38.8 Å². The smallest absolute Gasteiger partial charge is 0.223 e. The van der Waals surface area contributed by atoms with Gasteiger partial charge in [0.1, 0.15) is 0 Å². The van der Waals surface area contributed by atoms with E-state index in [4.69, 9.17) is 10.5 Å². The van der Waals surface area contributed by atoms with Crippen molar-refractivity contribution in [3.63, 3.8) is 0 Å². The van der Waals surface area contributed by atoms with Crippen LogP contribution in [-0.4, -0.2) is 31.7 Å². The van der Waals surface area contributed by atoms with Crippen LogP contribution in [0, 0.1) is 23.7 Å². The van der Waals surface area contributed by atoms with Crippen LogP contribution >= 0.6 is 12.4 Å². The van der Waals surface area contributed by atoms with E-state index in [0.29, 0.717) is 30.4 Å². The minimum atomic E-state index is 0. The zero-order valence-electron chi connectivity index (χ0n) is 12.6. The molecule has 1 amide bonds. The molecule has 0 aromatic rings. The molecule has 4 nitrogen and oxygen atoms in total. The summed E-state index contributed by atoms with van der Waals surface area (Å²) in [5.41, 5.74) is 5.74. The SMILES string of the molecule is CC(C)C1OCCC1CNC(=O)[C@@H]1CCC[C@@H]1CN.Cl. The molecule has 0 spiro atoms. The van der Waals surface area contributed by atoms with Gasteiger partial charge in [-0.15, -0.1) is 12.4 Å². The van der Waals surface area contributed by atoms with Crippen molar-refractivity contribution >= 4 is 18.3 Å². The molecule has 0 aromatic heterocycles. The van der Waals surface area contributed by atoms with Crippen molar-refractivity contribution in [3.8, 4) is 0 Å². The Balaban J connectivity index is 0.00000200. The van der Waals surface area contributed by atoms with Crippen LogP contribution in [0.1, 0.15) is 39.5 Å². The Bertz CT molecular complexity index is 312. The molecule has 4 atom stereocenters. The van der Waals surface area contributed by atoms with Crippen LogP contribution in [0.2, 0.25) is 0 Å². The third-order valence-corrected chi connectivity index (χ3v) is 4.76. The third-order valence-electron chi connectivity index (χ3n) is 4.76. The molecule has 0 aromatic carbocycles. The van der Waals surface area contributed by atoms with Gasteiger partial charge in [0, 0.05) is 25.0 Å². The number of hydrogen-bond acceptors (Lipinski definition) is 3. The van der Waals surface area contributed by atoms with Crippen LogP contribution in [0.4, 0.5) is 0 Å². The van der Waals surface area contributed by atoms with Crippen molar-refractivity contribution in [2.45, 2.75) is 45.6 Å². The van der Waals surface area contributed by atoms with Gasteiger partial charge in [-0.2, -0.15) is 0 Å². The van der Waals surface area contributed by atoms with E-state index in [1.54, 1.807) is 0 Å². The molecule has 1 aliphatic carbocycles. The monoisotopic (exact) mass is 304 g/mol. The summed E-state index contributed by atoms with van der Waals surface area (Å²) in [7, 11) is 0. The van der Waals surface area contributed by atoms with Crippen molar-refractivity contribution < 1.29 is 9.53 Å². The molecule has 5 heteroatoms. The summed E-state index contributed by atoms with van der Waals surface area (Å²) in [5.74, 6) is 1.74. The molecule has 1 saturated carbocycles. The molecular weight excluding hydrogens is 276 g/mol. The molecule has 1 saturated heterocycles. The molecule has 0 radical (unpaired) electrons. The number of nitrogens with two attached hydrogens (primary N) is 1. The molecule has 0 bridgehead atoms. The fraction of sp³-hybridized carbons (Fsp3) is 0.933. The lowest BCUT2D eigenvalue weighted by atomic mass is 9.92. The molecule has 2 aliphatic rings. The Morgan fingerprint density at radius 3 is 2.70 bits per heavy atom. The van der Waals surface area contributed by atoms with Gasteiger partial charge >= 0.3 is 0 Å². The van der Waals surface area contributed by atoms with Crippen LogP contribution in [-0.2, 0) is 9.53 Å². The second-order valence-corrected chi connectivity index (χ2v) is 6.41. The number of nitrogens with one attached hydrogen (secondary N) is 1. The molecule has 2 rings (SSSR count). The standard InChI is InChI=1S/C15H28N2O2.ClH/c1-10(2)14-12(6-7-19-14)9-17-15(18)13-5-3-4-11(13)8-16;/h10-14H,3-9,16H2,1-2H3,(H,17,18);1H/t11-,12?,13-,14?;/m1./s1. The Morgan fingerprint density at radius 2 is 2.05 bits per heavy atom. The van der Waals surface area contributed by atoms with Gasteiger partial charge in [-0.05, 0) is 37.6 Å². The third kappa shape index (κ3) is 4.09. The summed E-state index contributed by atoms with van der Waals surface area (Å²) in [5, 5.41) is 3.14. The first kappa shape index (κ1) is 17.7. The van der Waals surface area contributed by atoms with Crippen LogP contribution in [0.25, 0.3) is 0 Å². The Morgan fingerprint density at radius 1 is 1.30 bits per heavy atom. The molecule has 3 N–H and O–H groups in total. The average Bonchev–Trinajstić information content (AvgIpc) is 3.04. The summed E-state index contributed by atoms with van der Waals surface area (Å²) < 4.78 is 5.76. The van der Waals surface area contributed by atoms with Crippen LogP contribution in [0.15, 0.2) is 0 Å². The number of amides is 1. The van der Waals surface area contributed by atoms with Gasteiger partial charge in [0.05, 0.1) is 6.10 Å². The highest BCUT2D eigenvalue weighted by Gasteiger charge is 2.34. The van der Waals surface area contributed by atoms with E-state index in [1.807, 2.05) is 0 Å². The van der Waals surface area contributed by atoms with Crippen LogP contribution in [0.5, 0.6) is 0 Å². The van der Waals surface area contributed by atoms with Gasteiger partial charge < -0.3 is 15.8 Å². The van der Waals surface area contributed by atoms with E-state index < -0.39 is 0 Å². The van der Waals surface area contributed by atoms with E-state index >= 15 is 0 Å². The Hall–Kier alpha value is -0.320. The second kappa shape index (κ2) is 8.20. The number of halogens is 1. The van der Waals surface area contributed by atoms with Gasteiger partial charge in [-0.3, -0.25) is 4.79 Å². The van der Waals surface area contributed by atoms with E-state index in [-0.39, 0.29) is 24.2 Å². The summed E-state index contributed by atoms with van der Waals surface area (Å²) in [6.07, 6.45) is 4.61. The zero-order chi connectivity index (χ0) is 13.8. The number of carbonyl (C=O) groups is 1. The number of rotatable bonds is 5. The minimum Gasteiger partial charge on any atom is -0.378 e. The van der Waals surface area contributed by atoms with Crippen molar-refractivity contribution in [1.29, 1.82) is 0 Å². The van der Waals surface area contributed by atoms with Crippen LogP contribution in [0.3, 0.4) is 0 Å². The number of carbonyl (C=O) groups excluding carboxylic acids is 1. The predicted octanol–water partition coefficient (Wildman–Crippen LogP) is 1.96. The summed E-state index contributed by atoms with van der Waals surface area (Å²) in [4.78, 5) is 12.2. The Kier molecular flexibility index (Phi) is 7.27. The molecule has 1 heterocycles. The molecule has 1 aliphatic heterocycles. The highest BCUT2D eigenvalue weighted by Crippen LogP contribution is 2.31. The van der Waals surface area contributed by atoms with E-state index in [1.165, 1.54) is 0 Å². The van der Waals surface area contributed by atoms with Gasteiger partial charge in [0.2, 0.25) is 5.91 Å². The lowest BCUT2D eigenvalue weighted by molar-refractivity contribution is -0.126. The highest BCUT2D eigenvalue weighted by molar-refractivity contribution is 5.85. The number of ether oxygens (including phenoxy) is 1. The normalized spacial score (nSPS) is 33.2. The minimum absolute atomic E-state index is 0. The second-order valence-electron chi connectivity index (χ2n) is 6.41. The summed E-state index contributed by atoms with van der Waals surface area (Å²) >= 11 is 0. The topological polar surface area (TPSA) is 64.3 Å². The zero-order valence-corrected chi connectivity index (χ0v) is 13.5. The maximum absolute atomic E-state index is 12.2. The average molecular weight is 305 g/mol. The van der Waals surface area contributed by atoms with E-state index in [9.17, 15) is 4.79 Å². The largest absolute Gasteiger partial charge is 0.378 e. The lowest BCUT2D eigenvalue weighted by Gasteiger charge is -2.24. The van der Waals surface area contributed by atoms with E-state index in [2.05, 4.69) is 19.2 Å². The van der Waals surface area contributed by atoms with Crippen molar-refractivity contribution in [2.24, 2.45) is 29.4 Å². The summed E-state index contributed by atoms with van der Waals surface area (Å²) in [6, 6.07) is 0. The summed E-state index contributed by atoms with van der Waals surface area (Å²) in [6.45, 7) is 6.60. The number of hydrogen-bond donors (Lipinski definition) is 2. The molecule has 20 heavy (non-hydrogen) atoms. The van der Waals surface area contributed by atoms with Gasteiger partial charge in [0.25, 0.3) is 0 Å². The fourth-order valence-electron chi connectivity index (χ4n) is 3.64. The van der Waals surface area contributed by atoms with Gasteiger partial charge in [0.15, 0.2) is 0 Å². The van der Waals surface area contributed by atoms with Gasteiger partial charge in [-0.1, -0.05) is 20.3 Å². The Labute approximate surface area is 128 Å². The molecule has 118 valence electrons. The quantitative estimate of drug-likeness (QED) is 0.816. The maximum atomic E-state index is 12.2. The first-order chi connectivity index (χ1) is 9.13. The predicted molar refractivity (Wildman–Crippen MR) is 82.8 cm³/mol. The van der Waals surface area contributed by atoms with Crippen molar-refractivity contribution in [3.05, 3.63) is 0 Å². The van der Waals surface area contributed by atoms with Crippen molar-refractivity contribution in [2.75, 3.05) is 19.7 Å². The van der Waals surface area contributed by atoms with Crippen molar-refractivity contribution in [1.82, 2.24) is 5.32 Å². The van der Waals surface area contributed by atoms with Crippen LogP contribution < -0.4 is 11.1 Å². The maximum Gasteiger partial charge on any atom is 0.223 e. The highest BCUT2D eigenvalue weighted by atomic mass is 35.5. The molecule has 2 fully saturated rings. The van der Waals surface area contributed by atoms with Gasteiger partial charge in [-0.25, -0.2) is 0 Å². The molecule has 2 unspecified atom stereocenters. The first-order valence-corrected chi connectivity index (χ1v) is 7.72. The molecular formula is C15H29ClN2O2.